The molecule has 1 nitrogen and oxygen atoms in total. The molecule has 0 unspecified atom stereocenters. The highest BCUT2D eigenvalue weighted by Crippen LogP contribution is 2.17. The van der Waals surface area contributed by atoms with E-state index in [-0.39, 0.29) is 0 Å². The Morgan fingerprint density at radius 1 is 1.07 bits per heavy atom. The summed E-state index contributed by atoms with van der Waals surface area (Å²) >= 11 is 0. The van der Waals surface area contributed by atoms with E-state index in [4.69, 9.17) is 0 Å². The third-order valence-corrected chi connectivity index (χ3v) is 3.43. The van der Waals surface area contributed by atoms with Crippen molar-refractivity contribution in [2.24, 2.45) is 0 Å². The van der Waals surface area contributed by atoms with E-state index in [1.807, 2.05) is 0 Å². The Bertz CT molecular complexity index is 273. The SMILES string of the molecule is C[N+]1(CCc2ccccc2)CCCC1. The van der Waals surface area contributed by atoms with Crippen LogP contribution in [0, 0.1) is 0 Å². The molecule has 0 atom stereocenters. The summed E-state index contributed by atoms with van der Waals surface area (Å²) in [6.07, 6.45) is 4.08. The van der Waals surface area contributed by atoms with Gasteiger partial charge in [-0.1, -0.05) is 30.3 Å². The van der Waals surface area contributed by atoms with Crippen molar-refractivity contribution in [2.45, 2.75) is 19.3 Å². The summed E-state index contributed by atoms with van der Waals surface area (Å²) in [6, 6.07) is 10.8. The van der Waals surface area contributed by atoms with Crippen molar-refractivity contribution < 1.29 is 4.48 Å². The number of nitrogens with zero attached hydrogens (tertiary/aromatic N) is 1. The van der Waals surface area contributed by atoms with Crippen LogP contribution in [-0.4, -0.2) is 31.2 Å². The van der Waals surface area contributed by atoms with Crippen LogP contribution in [0.4, 0.5) is 0 Å². The van der Waals surface area contributed by atoms with Gasteiger partial charge in [-0.3, -0.25) is 0 Å². The summed E-state index contributed by atoms with van der Waals surface area (Å²) in [7, 11) is 2.40. The molecule has 1 fully saturated rings. The normalized spacial score (nSPS) is 19.8. The van der Waals surface area contributed by atoms with Gasteiger partial charge in [-0.05, 0) is 5.56 Å². The van der Waals surface area contributed by atoms with E-state index in [0.29, 0.717) is 0 Å². The van der Waals surface area contributed by atoms with E-state index in [1.54, 1.807) is 0 Å². The smallest absolute Gasteiger partial charge is 0.0825 e. The average molecular weight is 190 g/mol. The molecule has 0 aromatic heterocycles. The zero-order valence-corrected chi connectivity index (χ0v) is 9.08. The fraction of sp³-hybridized carbons (Fsp3) is 0.538. The lowest BCUT2D eigenvalue weighted by Crippen LogP contribution is -2.42. The van der Waals surface area contributed by atoms with Crippen molar-refractivity contribution in [1.29, 1.82) is 0 Å². The third kappa shape index (κ3) is 2.36. The zero-order chi connectivity index (χ0) is 9.86. The first-order valence-electron chi connectivity index (χ1n) is 5.66. The van der Waals surface area contributed by atoms with Gasteiger partial charge in [0.05, 0.1) is 26.7 Å². The molecule has 1 saturated heterocycles. The van der Waals surface area contributed by atoms with Crippen LogP contribution < -0.4 is 0 Å². The van der Waals surface area contributed by atoms with Gasteiger partial charge in [0.15, 0.2) is 0 Å². The molecule has 0 bridgehead atoms. The number of hydrogen-bond donors (Lipinski definition) is 0. The van der Waals surface area contributed by atoms with Crippen molar-refractivity contribution in [1.82, 2.24) is 0 Å². The van der Waals surface area contributed by atoms with Crippen LogP contribution in [0.1, 0.15) is 18.4 Å². The van der Waals surface area contributed by atoms with Gasteiger partial charge in [0.1, 0.15) is 0 Å². The Hall–Kier alpha value is -0.820. The van der Waals surface area contributed by atoms with Gasteiger partial charge >= 0.3 is 0 Å². The molecular formula is C13H20N+. The van der Waals surface area contributed by atoms with Crippen molar-refractivity contribution >= 4 is 0 Å². The van der Waals surface area contributed by atoms with Gasteiger partial charge in [-0.2, -0.15) is 0 Å². The number of likely N-dealkylation sites (N-methyl/N-ethyl adjacent to an activating group) is 1. The number of rotatable bonds is 3. The first-order valence-corrected chi connectivity index (χ1v) is 5.66. The second kappa shape index (κ2) is 4.14. The van der Waals surface area contributed by atoms with Gasteiger partial charge in [0.2, 0.25) is 0 Å². The van der Waals surface area contributed by atoms with E-state index in [1.165, 1.54) is 48.9 Å². The third-order valence-electron chi connectivity index (χ3n) is 3.43. The maximum Gasteiger partial charge on any atom is 0.0825 e. The summed E-state index contributed by atoms with van der Waals surface area (Å²) in [4.78, 5) is 0. The summed E-state index contributed by atoms with van der Waals surface area (Å²) in [5, 5.41) is 0. The molecule has 14 heavy (non-hydrogen) atoms. The number of benzene rings is 1. The van der Waals surface area contributed by atoms with E-state index >= 15 is 0 Å². The predicted octanol–water partition coefficient (Wildman–Crippen LogP) is 2.47. The van der Waals surface area contributed by atoms with Gasteiger partial charge in [0.25, 0.3) is 0 Å². The molecule has 0 amide bonds. The van der Waals surface area contributed by atoms with E-state index in [9.17, 15) is 0 Å². The molecule has 1 aliphatic heterocycles. The van der Waals surface area contributed by atoms with E-state index in [2.05, 4.69) is 37.4 Å². The average Bonchev–Trinajstić information content (AvgIpc) is 2.65. The van der Waals surface area contributed by atoms with Gasteiger partial charge in [0, 0.05) is 19.3 Å². The standard InChI is InChI=1S/C13H20N/c1-14(10-5-6-11-14)12-9-13-7-3-2-4-8-13/h2-4,7-8H,5-6,9-12H2,1H3/q+1. The molecule has 0 aliphatic carbocycles. The summed E-state index contributed by atoms with van der Waals surface area (Å²) in [6.45, 7) is 4.07. The van der Waals surface area contributed by atoms with Crippen molar-refractivity contribution in [2.75, 3.05) is 26.7 Å². The van der Waals surface area contributed by atoms with Crippen molar-refractivity contribution in [3.05, 3.63) is 35.9 Å². The fourth-order valence-corrected chi connectivity index (χ4v) is 2.37. The molecule has 0 N–H and O–H groups in total. The zero-order valence-electron chi connectivity index (χ0n) is 9.08. The molecule has 1 heteroatoms. The number of quaternary nitrogens is 1. The summed E-state index contributed by atoms with van der Waals surface area (Å²) in [5.74, 6) is 0. The minimum Gasteiger partial charge on any atom is -0.326 e. The summed E-state index contributed by atoms with van der Waals surface area (Å²) < 4.78 is 1.29. The minimum absolute atomic E-state index is 1.23. The molecule has 1 aliphatic rings. The molecule has 0 saturated carbocycles. The Kier molecular flexibility index (Phi) is 2.87. The predicted molar refractivity (Wildman–Crippen MR) is 60.2 cm³/mol. The highest BCUT2D eigenvalue weighted by Gasteiger charge is 2.25. The summed E-state index contributed by atoms with van der Waals surface area (Å²) in [5.41, 5.74) is 1.48. The van der Waals surface area contributed by atoms with Crippen LogP contribution >= 0.6 is 0 Å². The second-order valence-electron chi connectivity index (χ2n) is 4.73. The molecule has 1 aromatic rings. The van der Waals surface area contributed by atoms with Crippen LogP contribution in [0.15, 0.2) is 30.3 Å². The Labute approximate surface area is 86.9 Å². The largest absolute Gasteiger partial charge is 0.326 e. The maximum atomic E-state index is 2.40. The van der Waals surface area contributed by atoms with Crippen molar-refractivity contribution in [3.8, 4) is 0 Å². The van der Waals surface area contributed by atoms with Gasteiger partial charge in [-0.25, -0.2) is 0 Å². The van der Waals surface area contributed by atoms with Crippen LogP contribution in [0.2, 0.25) is 0 Å². The monoisotopic (exact) mass is 190 g/mol. The highest BCUT2D eigenvalue weighted by atomic mass is 15.3. The van der Waals surface area contributed by atoms with Crippen LogP contribution in [-0.2, 0) is 6.42 Å². The molecule has 1 heterocycles. The topological polar surface area (TPSA) is 0 Å². The molecule has 2 rings (SSSR count). The first-order chi connectivity index (χ1) is 6.79. The lowest BCUT2D eigenvalue weighted by atomic mass is 10.1. The lowest BCUT2D eigenvalue weighted by molar-refractivity contribution is -0.897. The molecule has 0 spiro atoms. The number of likely N-dealkylation sites (tertiary alicyclic amines) is 1. The quantitative estimate of drug-likeness (QED) is 0.642. The van der Waals surface area contributed by atoms with Crippen LogP contribution in [0.5, 0.6) is 0 Å². The number of hydrogen-bond acceptors (Lipinski definition) is 0. The second-order valence-corrected chi connectivity index (χ2v) is 4.73. The molecular weight excluding hydrogens is 170 g/mol. The fourth-order valence-electron chi connectivity index (χ4n) is 2.37. The Balaban J connectivity index is 1.88. The van der Waals surface area contributed by atoms with Gasteiger partial charge < -0.3 is 4.48 Å². The first kappa shape index (κ1) is 9.72. The van der Waals surface area contributed by atoms with Crippen LogP contribution in [0.25, 0.3) is 0 Å². The maximum absolute atomic E-state index is 2.40. The van der Waals surface area contributed by atoms with Gasteiger partial charge in [-0.15, -0.1) is 0 Å². The lowest BCUT2D eigenvalue weighted by Gasteiger charge is -2.29. The molecule has 76 valence electrons. The molecule has 0 radical (unpaired) electrons. The minimum atomic E-state index is 1.23. The van der Waals surface area contributed by atoms with E-state index in [0.717, 1.165) is 0 Å². The molecule has 1 aromatic carbocycles. The Morgan fingerprint density at radius 3 is 2.36 bits per heavy atom. The van der Waals surface area contributed by atoms with Crippen LogP contribution in [0.3, 0.4) is 0 Å². The highest BCUT2D eigenvalue weighted by molar-refractivity contribution is 5.14. The Morgan fingerprint density at radius 2 is 1.71 bits per heavy atom. The van der Waals surface area contributed by atoms with Crippen molar-refractivity contribution in [3.63, 3.8) is 0 Å². The van der Waals surface area contributed by atoms with E-state index < -0.39 is 0 Å².